The maximum atomic E-state index is 6.15. The second-order valence-corrected chi connectivity index (χ2v) is 6.89. The highest BCUT2D eigenvalue weighted by Crippen LogP contribution is 2.36. The molecule has 2 aliphatic heterocycles. The van der Waals surface area contributed by atoms with Crippen molar-refractivity contribution in [1.82, 2.24) is 4.90 Å². The van der Waals surface area contributed by atoms with Crippen LogP contribution in [0.5, 0.6) is 0 Å². The second kappa shape index (κ2) is 5.94. The number of morpholine rings is 1. The summed E-state index contributed by atoms with van der Waals surface area (Å²) in [5, 5.41) is 2.13. The van der Waals surface area contributed by atoms with Crippen LogP contribution < -0.4 is 5.73 Å². The summed E-state index contributed by atoms with van der Waals surface area (Å²) < 4.78 is 11.5. The molecule has 2 N–H and O–H groups in total. The molecule has 0 aromatic carbocycles. The molecule has 0 amide bonds. The summed E-state index contributed by atoms with van der Waals surface area (Å²) >= 11 is 1.80. The molecule has 0 radical (unpaired) electrons. The molecule has 2 aliphatic rings. The molecule has 5 nitrogen and oxygen atoms in total. The van der Waals surface area contributed by atoms with E-state index >= 15 is 0 Å². The summed E-state index contributed by atoms with van der Waals surface area (Å²) in [5.74, 6) is 0.595. The zero-order valence-electron chi connectivity index (χ0n) is 12.7. The minimum absolute atomic E-state index is 0.206. The van der Waals surface area contributed by atoms with E-state index in [9.17, 15) is 0 Å². The van der Waals surface area contributed by atoms with Gasteiger partial charge in [0.05, 0.1) is 25.9 Å². The lowest BCUT2D eigenvalue weighted by atomic mass is 9.93. The molecule has 1 saturated heterocycles. The second-order valence-electron chi connectivity index (χ2n) is 5.89. The van der Waals surface area contributed by atoms with Gasteiger partial charge in [0.1, 0.15) is 5.60 Å². The highest BCUT2D eigenvalue weighted by atomic mass is 32.1. The van der Waals surface area contributed by atoms with E-state index in [1.165, 1.54) is 10.4 Å². The first-order valence-electron chi connectivity index (χ1n) is 7.46. The molecule has 0 saturated carbocycles. The van der Waals surface area contributed by atoms with Gasteiger partial charge in [0.15, 0.2) is 5.96 Å². The topological polar surface area (TPSA) is 60.1 Å². The van der Waals surface area contributed by atoms with E-state index in [-0.39, 0.29) is 11.7 Å². The number of nitrogens with two attached hydrogens (primary N) is 1. The number of ether oxygens (including phenoxy) is 2. The van der Waals surface area contributed by atoms with E-state index in [2.05, 4.69) is 35.2 Å². The van der Waals surface area contributed by atoms with Crippen LogP contribution in [-0.4, -0.2) is 49.8 Å². The van der Waals surface area contributed by atoms with E-state index in [4.69, 9.17) is 15.2 Å². The van der Waals surface area contributed by atoms with E-state index in [1.54, 1.807) is 11.3 Å². The zero-order valence-corrected chi connectivity index (χ0v) is 13.5. The molecule has 21 heavy (non-hydrogen) atoms. The maximum absolute atomic E-state index is 6.15. The van der Waals surface area contributed by atoms with Gasteiger partial charge in [-0.25, -0.2) is 4.99 Å². The smallest absolute Gasteiger partial charge is 0.191 e. The summed E-state index contributed by atoms with van der Waals surface area (Å²) in [4.78, 5) is 8.11. The molecule has 0 spiro atoms. The monoisotopic (exact) mass is 309 g/mol. The summed E-state index contributed by atoms with van der Waals surface area (Å²) in [6.07, 6.45) is 1.21. The summed E-state index contributed by atoms with van der Waals surface area (Å²) in [6.45, 7) is 7.80. The third-order valence-corrected chi connectivity index (χ3v) is 5.15. The molecule has 0 bridgehead atoms. The van der Waals surface area contributed by atoms with E-state index < -0.39 is 0 Å². The first-order valence-corrected chi connectivity index (χ1v) is 8.34. The third kappa shape index (κ3) is 3.07. The fourth-order valence-corrected chi connectivity index (χ4v) is 3.92. The van der Waals surface area contributed by atoms with E-state index in [1.807, 2.05) is 0 Å². The van der Waals surface area contributed by atoms with Crippen molar-refractivity contribution in [2.45, 2.75) is 32.0 Å². The minimum Gasteiger partial charge on any atom is -0.375 e. The van der Waals surface area contributed by atoms with Crippen LogP contribution in [0.25, 0.3) is 0 Å². The van der Waals surface area contributed by atoms with Crippen molar-refractivity contribution in [2.24, 2.45) is 10.7 Å². The Balaban J connectivity index is 1.71. The Labute approximate surface area is 129 Å². The molecule has 3 rings (SSSR count). The highest BCUT2D eigenvalue weighted by molar-refractivity contribution is 7.10. The maximum Gasteiger partial charge on any atom is 0.191 e. The van der Waals surface area contributed by atoms with E-state index in [0.717, 1.165) is 26.1 Å². The lowest BCUT2D eigenvalue weighted by molar-refractivity contribution is -0.0379. The normalized spacial score (nSPS) is 30.3. The van der Waals surface area contributed by atoms with Crippen LogP contribution >= 0.6 is 11.3 Å². The largest absolute Gasteiger partial charge is 0.375 e. The Morgan fingerprint density at radius 2 is 2.43 bits per heavy atom. The number of rotatable bonds is 2. The van der Waals surface area contributed by atoms with Gasteiger partial charge in [-0.1, -0.05) is 0 Å². The molecule has 6 heteroatoms. The fourth-order valence-electron chi connectivity index (χ4n) is 2.94. The summed E-state index contributed by atoms with van der Waals surface area (Å²) in [7, 11) is 0. The summed E-state index contributed by atoms with van der Waals surface area (Å²) in [6, 6.07) is 2.15. The van der Waals surface area contributed by atoms with Gasteiger partial charge in [-0.2, -0.15) is 0 Å². The van der Waals surface area contributed by atoms with Gasteiger partial charge in [0.25, 0.3) is 0 Å². The van der Waals surface area contributed by atoms with Crippen molar-refractivity contribution in [3.63, 3.8) is 0 Å². The van der Waals surface area contributed by atoms with Crippen molar-refractivity contribution in [2.75, 3.05) is 32.8 Å². The van der Waals surface area contributed by atoms with Crippen molar-refractivity contribution in [1.29, 1.82) is 0 Å². The number of guanidine groups is 1. The first-order chi connectivity index (χ1) is 10.1. The van der Waals surface area contributed by atoms with Crippen LogP contribution in [-0.2, 0) is 21.5 Å². The Kier molecular flexibility index (Phi) is 4.19. The molecule has 1 aromatic heterocycles. The van der Waals surface area contributed by atoms with Crippen molar-refractivity contribution < 1.29 is 9.47 Å². The van der Waals surface area contributed by atoms with Gasteiger partial charge in [-0.15, -0.1) is 11.3 Å². The Hall–Kier alpha value is -1.11. The average molecular weight is 309 g/mol. The lowest BCUT2D eigenvalue weighted by Crippen LogP contribution is -2.48. The van der Waals surface area contributed by atoms with Crippen molar-refractivity contribution in [3.8, 4) is 0 Å². The van der Waals surface area contributed by atoms with Gasteiger partial charge in [0, 0.05) is 24.4 Å². The standard InChI is InChI=1S/C15H23N3O2S/c1-11-9-18(5-7-19-11)14(16)17-10-15(2)12-4-8-21-13(12)3-6-20-15/h4,8,11H,3,5-7,9-10H2,1-2H3,(H2,16,17). The molecule has 116 valence electrons. The lowest BCUT2D eigenvalue weighted by Gasteiger charge is -2.35. The number of hydrogen-bond acceptors (Lipinski definition) is 4. The van der Waals surface area contributed by atoms with Crippen LogP contribution in [0.3, 0.4) is 0 Å². The SMILES string of the molecule is CC1CN(C(N)=NCC2(C)OCCc3sccc32)CCO1. The van der Waals surface area contributed by atoms with Crippen LogP contribution in [0.1, 0.15) is 24.3 Å². The predicted octanol–water partition coefficient (Wildman–Crippen LogP) is 1.57. The number of thiophene rings is 1. The first kappa shape index (κ1) is 14.8. The van der Waals surface area contributed by atoms with Crippen molar-refractivity contribution in [3.05, 3.63) is 21.9 Å². The number of fused-ring (bicyclic) bond motifs is 1. The average Bonchev–Trinajstić information content (AvgIpc) is 2.95. The molecule has 3 heterocycles. The predicted molar refractivity (Wildman–Crippen MR) is 84.8 cm³/mol. The quantitative estimate of drug-likeness (QED) is 0.665. The van der Waals surface area contributed by atoms with Gasteiger partial charge in [-0.3, -0.25) is 0 Å². The van der Waals surface area contributed by atoms with Crippen LogP contribution in [0.2, 0.25) is 0 Å². The number of aliphatic imine (C=N–C) groups is 1. The van der Waals surface area contributed by atoms with Crippen molar-refractivity contribution >= 4 is 17.3 Å². The molecule has 1 aromatic rings. The van der Waals surface area contributed by atoms with Crippen LogP contribution in [0.4, 0.5) is 0 Å². The molecule has 2 unspecified atom stereocenters. The Morgan fingerprint density at radius 3 is 3.24 bits per heavy atom. The molecular formula is C15H23N3O2S. The van der Waals surface area contributed by atoms with Gasteiger partial charge < -0.3 is 20.1 Å². The number of hydrogen-bond donors (Lipinski definition) is 1. The Bertz CT molecular complexity index is 531. The van der Waals surface area contributed by atoms with Crippen LogP contribution in [0, 0.1) is 0 Å². The molecule has 0 aliphatic carbocycles. The van der Waals surface area contributed by atoms with Gasteiger partial charge >= 0.3 is 0 Å². The molecule has 1 fully saturated rings. The molecular weight excluding hydrogens is 286 g/mol. The van der Waals surface area contributed by atoms with Gasteiger partial charge in [-0.05, 0) is 30.9 Å². The van der Waals surface area contributed by atoms with Gasteiger partial charge in [0.2, 0.25) is 0 Å². The van der Waals surface area contributed by atoms with Crippen LogP contribution in [0.15, 0.2) is 16.4 Å². The highest BCUT2D eigenvalue weighted by Gasteiger charge is 2.34. The number of nitrogens with zero attached hydrogens (tertiary/aromatic N) is 2. The Morgan fingerprint density at radius 1 is 1.57 bits per heavy atom. The van der Waals surface area contributed by atoms with E-state index in [0.29, 0.717) is 19.1 Å². The zero-order chi connectivity index (χ0) is 14.9. The molecule has 2 atom stereocenters. The fraction of sp³-hybridized carbons (Fsp3) is 0.667. The minimum atomic E-state index is -0.351. The summed E-state index contributed by atoms with van der Waals surface area (Å²) in [5.41, 5.74) is 7.07. The third-order valence-electron chi connectivity index (χ3n) is 4.17.